The molecule has 1 amide bonds. The van der Waals surface area contributed by atoms with E-state index in [0.29, 0.717) is 56.9 Å². The van der Waals surface area contributed by atoms with E-state index >= 15 is 0 Å². The van der Waals surface area contributed by atoms with Gasteiger partial charge in [-0.15, -0.1) is 11.3 Å². The van der Waals surface area contributed by atoms with Gasteiger partial charge < -0.3 is 34.4 Å². The summed E-state index contributed by atoms with van der Waals surface area (Å²) < 4.78 is 18.2. The van der Waals surface area contributed by atoms with Crippen molar-refractivity contribution in [3.05, 3.63) is 69.5 Å². The lowest BCUT2D eigenvalue weighted by molar-refractivity contribution is -0.265. The zero-order valence-corrected chi connectivity index (χ0v) is 35.7. The molecule has 3 aliphatic heterocycles. The van der Waals surface area contributed by atoms with E-state index in [1.165, 1.54) is 16.2 Å². The smallest absolute Gasteiger partial charge is 0.329 e. The molecule has 4 rings (SSSR count). The Morgan fingerprint density at radius 3 is 2.42 bits per heavy atom. The topological polar surface area (TPSA) is 160 Å². The second-order valence-corrected chi connectivity index (χ2v) is 17.8. The predicted molar refractivity (Wildman–Crippen MR) is 220 cm³/mol. The normalized spacial score (nSPS) is 35.8. The molecule has 3 aliphatic rings. The second-order valence-electron chi connectivity index (χ2n) is 16.6. The van der Waals surface area contributed by atoms with Gasteiger partial charge in [0.25, 0.3) is 11.7 Å². The molecular formula is C45H65NO10S. The van der Waals surface area contributed by atoms with Gasteiger partial charge in [0.15, 0.2) is 0 Å². The van der Waals surface area contributed by atoms with Crippen LogP contribution in [0.15, 0.2) is 59.7 Å². The second kappa shape index (κ2) is 21.7. The number of carbonyl (C=O) groups is 4. The number of hydrogen-bond acceptors (Lipinski definition) is 11. The van der Waals surface area contributed by atoms with Crippen molar-refractivity contribution in [2.24, 2.45) is 23.7 Å². The summed E-state index contributed by atoms with van der Waals surface area (Å²) in [4.78, 5) is 58.5. The first-order valence-corrected chi connectivity index (χ1v) is 21.5. The van der Waals surface area contributed by atoms with E-state index in [-0.39, 0.29) is 55.6 Å². The zero-order chi connectivity index (χ0) is 41.9. The van der Waals surface area contributed by atoms with Gasteiger partial charge in [-0.25, -0.2) is 4.79 Å². The zero-order valence-electron chi connectivity index (χ0n) is 34.9. The van der Waals surface area contributed by atoms with Crippen LogP contribution in [0.1, 0.15) is 109 Å². The highest BCUT2D eigenvalue weighted by atomic mass is 32.1. The van der Waals surface area contributed by atoms with Crippen LogP contribution in [0.4, 0.5) is 0 Å². The largest absolute Gasteiger partial charge is 0.460 e. The fraction of sp³-hybridized carbons (Fsp3) is 0.644. The molecule has 3 N–H and O–H groups in total. The van der Waals surface area contributed by atoms with Crippen LogP contribution in [0.3, 0.4) is 0 Å². The molecule has 0 radical (unpaired) electrons. The van der Waals surface area contributed by atoms with Crippen LogP contribution in [0.25, 0.3) is 0 Å². The number of ketones is 2. The van der Waals surface area contributed by atoms with Crippen molar-refractivity contribution in [1.29, 1.82) is 0 Å². The maximum absolute atomic E-state index is 14.1. The lowest BCUT2D eigenvalue weighted by Gasteiger charge is -2.42. The van der Waals surface area contributed by atoms with Crippen LogP contribution in [0, 0.1) is 23.7 Å². The highest BCUT2D eigenvalue weighted by molar-refractivity contribution is 7.11. The number of nitrogens with zero attached hydrogens (tertiary/aromatic N) is 1. The highest BCUT2D eigenvalue weighted by Gasteiger charge is 2.53. The molecule has 0 aromatic carbocycles. The van der Waals surface area contributed by atoms with Crippen LogP contribution in [0.5, 0.6) is 0 Å². The predicted octanol–water partition coefficient (Wildman–Crippen LogP) is 6.58. The van der Waals surface area contributed by atoms with E-state index in [1.54, 1.807) is 27.0 Å². The van der Waals surface area contributed by atoms with E-state index in [9.17, 15) is 34.5 Å². The minimum atomic E-state index is -2.37. The van der Waals surface area contributed by atoms with Gasteiger partial charge in [0.2, 0.25) is 5.79 Å². The van der Waals surface area contributed by atoms with Crippen LogP contribution in [-0.4, -0.2) is 93.6 Å². The van der Waals surface area contributed by atoms with Gasteiger partial charge in [-0.05, 0) is 93.9 Å². The number of carbonyl (C=O) groups excluding carboxylic acids is 4. The summed E-state index contributed by atoms with van der Waals surface area (Å²) in [6.07, 6.45) is 13.2. The summed E-state index contributed by atoms with van der Waals surface area (Å²) in [5.41, 5.74) is 1.50. The lowest BCUT2D eigenvalue weighted by atomic mass is 9.85. The molecular weight excluding hydrogens is 747 g/mol. The quantitative estimate of drug-likeness (QED) is 0.169. The Morgan fingerprint density at radius 2 is 1.72 bits per heavy atom. The average molecular weight is 812 g/mol. The Morgan fingerprint density at radius 1 is 0.982 bits per heavy atom. The molecule has 2 saturated heterocycles. The molecule has 0 aliphatic carbocycles. The molecule has 1 aromatic rings. The van der Waals surface area contributed by atoms with Crippen LogP contribution >= 0.6 is 11.3 Å². The number of rotatable bonds is 5. The maximum atomic E-state index is 14.1. The van der Waals surface area contributed by atoms with Gasteiger partial charge in [0.1, 0.15) is 17.9 Å². The fourth-order valence-corrected chi connectivity index (χ4v) is 9.02. The summed E-state index contributed by atoms with van der Waals surface area (Å²) in [6, 6.07) is 2.76. The number of hydrogen-bond donors (Lipinski definition) is 3. The number of Topliss-reactive ketones (excluding diaryl/α,β-unsaturated/α-hetero) is 2. The molecule has 12 heteroatoms. The molecule has 2 bridgehead atoms. The molecule has 2 fully saturated rings. The summed E-state index contributed by atoms with van der Waals surface area (Å²) >= 11 is 1.48. The maximum Gasteiger partial charge on any atom is 0.329 e. The first-order chi connectivity index (χ1) is 27.1. The number of thiophene rings is 1. The van der Waals surface area contributed by atoms with Crippen LogP contribution < -0.4 is 0 Å². The number of aliphatic hydroxyl groups is 3. The standard InChI is InChI=1S/C45H65NO10S/c1-28-13-9-8-10-14-30(3)41(54-7)25-34-18-17-33(6)45(53,56-34)42(50)43(51)46-22-12-11-15-37(46)44(52)55-40(32(5)24-35-19-20-36(27-47)57-35)21-16-29(2)38(48)26-39(49)31(4)23-28/h8-10,13-14,16,19-20,28,31-34,37-38,40-41,47-48,53H,11-12,15,17-18,21-27H2,1-7H3/b10-8-,13-9-,29-16-,30-14-/t28-,31-,32-,33-,34+,37+,38+,40?,41+,45-/m1/s1. The molecule has 1 aromatic heterocycles. The molecule has 316 valence electrons. The number of piperidine rings is 1. The van der Waals surface area contributed by atoms with Gasteiger partial charge in [-0.1, -0.05) is 64.2 Å². The highest BCUT2D eigenvalue weighted by Crippen LogP contribution is 2.37. The van der Waals surface area contributed by atoms with E-state index in [2.05, 4.69) is 6.92 Å². The third-order valence-corrected chi connectivity index (χ3v) is 13.0. The minimum Gasteiger partial charge on any atom is -0.460 e. The van der Waals surface area contributed by atoms with Crippen molar-refractivity contribution in [2.75, 3.05) is 13.7 Å². The molecule has 0 spiro atoms. The van der Waals surface area contributed by atoms with E-state index < -0.39 is 53.7 Å². The first-order valence-electron chi connectivity index (χ1n) is 20.6. The summed E-state index contributed by atoms with van der Waals surface area (Å²) in [6.45, 7) is 11.3. The van der Waals surface area contributed by atoms with Crippen molar-refractivity contribution >= 4 is 34.8 Å². The monoisotopic (exact) mass is 811 g/mol. The van der Waals surface area contributed by atoms with Crippen molar-refractivity contribution < 1.29 is 48.7 Å². The summed E-state index contributed by atoms with van der Waals surface area (Å²) in [5.74, 6) is -6.14. The van der Waals surface area contributed by atoms with Gasteiger partial charge in [-0.3, -0.25) is 14.4 Å². The molecule has 57 heavy (non-hydrogen) atoms. The minimum absolute atomic E-state index is 0.0353. The van der Waals surface area contributed by atoms with Crippen LogP contribution in [0.2, 0.25) is 0 Å². The van der Waals surface area contributed by atoms with Gasteiger partial charge in [-0.2, -0.15) is 0 Å². The van der Waals surface area contributed by atoms with Crippen molar-refractivity contribution in [1.82, 2.24) is 4.90 Å². The number of cyclic esters (lactones) is 1. The number of ether oxygens (including phenoxy) is 3. The molecule has 4 heterocycles. The number of amides is 1. The number of aliphatic hydroxyl groups excluding tert-OH is 2. The van der Waals surface area contributed by atoms with Crippen molar-refractivity contribution in [3.63, 3.8) is 0 Å². The first kappa shape index (κ1) is 46.4. The summed E-state index contributed by atoms with van der Waals surface area (Å²) in [5, 5.41) is 32.6. The third-order valence-electron chi connectivity index (χ3n) is 11.9. The number of fused-ring (bicyclic) bond motifs is 3. The summed E-state index contributed by atoms with van der Waals surface area (Å²) in [7, 11) is 1.59. The molecule has 0 saturated carbocycles. The Kier molecular flexibility index (Phi) is 17.6. The fourth-order valence-electron chi connectivity index (χ4n) is 8.00. The van der Waals surface area contributed by atoms with Gasteiger partial charge >= 0.3 is 5.97 Å². The third kappa shape index (κ3) is 12.6. The SMILES string of the molecule is CO[C@H]1C[C@@H]2CC[C@@H](C)[C@@](O)(O2)C(=O)C(=O)N2CCCC[C@H]2C(=O)OC([C@H](C)Cc2ccc(CO)s2)C/C=C(/C)[C@@H](O)CC(=O)[C@H](C)C[C@H](C)\C=C/C=C\C=C/1C. The molecule has 1 unspecified atom stereocenters. The Hall–Kier alpha value is -3.26. The molecule has 11 nitrogen and oxygen atoms in total. The van der Waals surface area contributed by atoms with Crippen molar-refractivity contribution in [3.8, 4) is 0 Å². The number of allylic oxidation sites excluding steroid dienone is 5. The van der Waals surface area contributed by atoms with Crippen LogP contribution in [-0.2, 0) is 46.4 Å². The lowest BCUT2D eigenvalue weighted by Crippen LogP contribution is -2.61. The van der Waals surface area contributed by atoms with Gasteiger partial charge in [0.05, 0.1) is 24.9 Å². The van der Waals surface area contributed by atoms with E-state index in [4.69, 9.17) is 14.2 Å². The Balaban J connectivity index is 1.66. The molecule has 10 atom stereocenters. The van der Waals surface area contributed by atoms with E-state index in [0.717, 1.165) is 15.3 Å². The Bertz CT molecular complexity index is 1660. The average Bonchev–Trinajstić information content (AvgIpc) is 3.65. The van der Waals surface area contributed by atoms with Crippen molar-refractivity contribution in [2.45, 2.75) is 149 Å². The number of esters is 1. The number of methoxy groups -OCH3 is 1. The Labute approximate surface area is 342 Å². The van der Waals surface area contributed by atoms with Gasteiger partial charge in [0, 0.05) is 54.5 Å². The van der Waals surface area contributed by atoms with E-state index in [1.807, 2.05) is 63.3 Å².